The summed E-state index contributed by atoms with van der Waals surface area (Å²) in [5, 5.41) is 13.9. The molecule has 300 valence electrons. The molecule has 50 heavy (non-hydrogen) atoms. The first-order valence-corrected chi connectivity index (χ1v) is 22.8. The standard InChI is InChI=1S/C41H85N2O6P/c1-6-8-10-12-14-16-18-20-21-22-23-25-27-29-31-33-35-41(45)42-39(38-49-50(46,47)48-37-36-43(3,4)5)40(44)34-32-30-28-26-24-19-17-15-13-11-9-7-2/h39-40,44H,6-38H2,1-5H3,(H-,42,45,46,47)/t39-,40+/m0/s1. The van der Waals surface area contributed by atoms with Gasteiger partial charge in [0.2, 0.25) is 5.91 Å². The summed E-state index contributed by atoms with van der Waals surface area (Å²) in [6, 6.07) is -0.791. The fraction of sp³-hybridized carbons (Fsp3) is 0.976. The highest BCUT2D eigenvalue weighted by molar-refractivity contribution is 7.45. The van der Waals surface area contributed by atoms with Gasteiger partial charge in [-0.25, -0.2) is 0 Å². The Morgan fingerprint density at radius 2 is 0.980 bits per heavy atom. The molecule has 0 aliphatic carbocycles. The second-order valence-electron chi connectivity index (χ2n) is 16.1. The van der Waals surface area contributed by atoms with Crippen molar-refractivity contribution in [2.24, 2.45) is 0 Å². The van der Waals surface area contributed by atoms with Crippen LogP contribution in [0.2, 0.25) is 0 Å². The maximum absolute atomic E-state index is 12.8. The smallest absolute Gasteiger partial charge is 0.268 e. The van der Waals surface area contributed by atoms with E-state index in [9.17, 15) is 19.4 Å². The largest absolute Gasteiger partial charge is 0.756 e. The van der Waals surface area contributed by atoms with Crippen LogP contribution >= 0.6 is 7.82 Å². The summed E-state index contributed by atoms with van der Waals surface area (Å²) in [6.07, 6.45) is 35.2. The first kappa shape index (κ1) is 49.5. The average Bonchev–Trinajstić information content (AvgIpc) is 3.06. The van der Waals surface area contributed by atoms with Gasteiger partial charge < -0.3 is 28.8 Å². The highest BCUT2D eigenvalue weighted by atomic mass is 31.2. The van der Waals surface area contributed by atoms with Crippen LogP contribution in [0.25, 0.3) is 0 Å². The number of nitrogens with one attached hydrogen (secondary N) is 1. The summed E-state index contributed by atoms with van der Waals surface area (Å²) in [7, 11) is 1.31. The normalized spacial score (nSPS) is 14.5. The molecule has 3 atom stereocenters. The molecule has 0 aliphatic rings. The van der Waals surface area contributed by atoms with Gasteiger partial charge in [-0.15, -0.1) is 0 Å². The molecule has 0 aliphatic heterocycles. The number of quaternary nitrogens is 1. The summed E-state index contributed by atoms with van der Waals surface area (Å²) in [5.41, 5.74) is 0. The number of phosphoric acid groups is 1. The summed E-state index contributed by atoms with van der Waals surface area (Å²) < 4.78 is 23.2. The third kappa shape index (κ3) is 35.9. The van der Waals surface area contributed by atoms with Gasteiger partial charge in [-0.2, -0.15) is 0 Å². The molecule has 0 radical (unpaired) electrons. The Balaban J connectivity index is 4.34. The van der Waals surface area contributed by atoms with Gasteiger partial charge in [-0.3, -0.25) is 9.36 Å². The second kappa shape index (κ2) is 34.3. The highest BCUT2D eigenvalue weighted by Crippen LogP contribution is 2.38. The van der Waals surface area contributed by atoms with Crippen molar-refractivity contribution in [3.8, 4) is 0 Å². The van der Waals surface area contributed by atoms with Crippen molar-refractivity contribution in [2.45, 2.75) is 219 Å². The molecule has 1 unspecified atom stereocenters. The van der Waals surface area contributed by atoms with E-state index < -0.39 is 20.0 Å². The van der Waals surface area contributed by atoms with Crippen LogP contribution in [0.5, 0.6) is 0 Å². The first-order chi connectivity index (χ1) is 24.0. The molecule has 0 aromatic carbocycles. The minimum absolute atomic E-state index is 0.0158. The SMILES string of the molecule is CCCCCCCCCCCCCCCCCCC(=O)N[C@@H](COP(=O)([O-])OCC[N+](C)(C)C)[C@H](O)CCCCCCCCCCCCCC. The van der Waals surface area contributed by atoms with Gasteiger partial charge >= 0.3 is 0 Å². The number of aliphatic hydroxyl groups excluding tert-OH is 1. The number of unbranched alkanes of at least 4 members (excludes halogenated alkanes) is 26. The molecule has 9 heteroatoms. The molecule has 0 heterocycles. The van der Waals surface area contributed by atoms with Crippen molar-refractivity contribution in [1.82, 2.24) is 5.32 Å². The fourth-order valence-corrected chi connectivity index (χ4v) is 7.12. The van der Waals surface area contributed by atoms with E-state index in [1.807, 2.05) is 21.1 Å². The summed E-state index contributed by atoms with van der Waals surface area (Å²) in [6.45, 7) is 4.72. The van der Waals surface area contributed by atoms with Crippen LogP contribution in [-0.2, 0) is 18.4 Å². The zero-order valence-electron chi connectivity index (χ0n) is 33.9. The highest BCUT2D eigenvalue weighted by Gasteiger charge is 2.24. The third-order valence-corrected chi connectivity index (χ3v) is 10.8. The van der Waals surface area contributed by atoms with Gasteiger partial charge in [0.05, 0.1) is 39.9 Å². The number of hydrogen-bond donors (Lipinski definition) is 2. The zero-order chi connectivity index (χ0) is 37.2. The van der Waals surface area contributed by atoms with Gasteiger partial charge in [0, 0.05) is 6.42 Å². The van der Waals surface area contributed by atoms with E-state index in [1.165, 1.54) is 141 Å². The average molecular weight is 733 g/mol. The summed E-state index contributed by atoms with van der Waals surface area (Å²) >= 11 is 0. The lowest BCUT2D eigenvalue weighted by atomic mass is 10.0. The number of amides is 1. The molecule has 0 rings (SSSR count). The van der Waals surface area contributed by atoms with E-state index in [4.69, 9.17) is 9.05 Å². The van der Waals surface area contributed by atoms with Crippen molar-refractivity contribution in [3.05, 3.63) is 0 Å². The molecule has 2 N–H and O–H groups in total. The Kier molecular flexibility index (Phi) is 33.9. The van der Waals surface area contributed by atoms with Crippen molar-refractivity contribution in [2.75, 3.05) is 40.9 Å². The zero-order valence-corrected chi connectivity index (χ0v) is 34.8. The molecule has 1 amide bonds. The molecular weight excluding hydrogens is 647 g/mol. The lowest BCUT2D eigenvalue weighted by Crippen LogP contribution is -2.46. The molecule has 0 aromatic rings. The Hall–Kier alpha value is -0.500. The van der Waals surface area contributed by atoms with E-state index >= 15 is 0 Å². The number of hydrogen-bond acceptors (Lipinski definition) is 6. The molecule has 0 fully saturated rings. The van der Waals surface area contributed by atoms with Crippen LogP contribution in [0.15, 0.2) is 0 Å². The van der Waals surface area contributed by atoms with E-state index in [1.54, 1.807) is 0 Å². The number of likely N-dealkylation sites (N-methyl/N-ethyl adjacent to an activating group) is 1. The predicted molar refractivity (Wildman–Crippen MR) is 210 cm³/mol. The van der Waals surface area contributed by atoms with E-state index in [2.05, 4.69) is 19.2 Å². The van der Waals surface area contributed by atoms with Gasteiger partial charge in [-0.05, 0) is 12.8 Å². The Morgan fingerprint density at radius 3 is 1.36 bits per heavy atom. The lowest BCUT2D eigenvalue weighted by Gasteiger charge is -2.30. The van der Waals surface area contributed by atoms with Crippen LogP contribution in [0.4, 0.5) is 0 Å². The molecule has 0 spiro atoms. The Labute approximate surface area is 310 Å². The lowest BCUT2D eigenvalue weighted by molar-refractivity contribution is -0.870. The minimum atomic E-state index is -4.55. The molecular formula is C41H85N2O6P. The van der Waals surface area contributed by atoms with Crippen LogP contribution < -0.4 is 10.2 Å². The summed E-state index contributed by atoms with van der Waals surface area (Å²) in [5.74, 6) is -0.163. The number of rotatable bonds is 39. The Bertz CT molecular complexity index is 794. The number of nitrogens with zero attached hydrogens (tertiary/aromatic N) is 1. The van der Waals surface area contributed by atoms with Crippen molar-refractivity contribution in [1.29, 1.82) is 0 Å². The number of phosphoric ester groups is 1. The molecule has 0 saturated heterocycles. The monoisotopic (exact) mass is 733 g/mol. The van der Waals surface area contributed by atoms with Gasteiger partial charge in [0.15, 0.2) is 0 Å². The van der Waals surface area contributed by atoms with E-state index in [0.717, 1.165) is 38.5 Å². The summed E-state index contributed by atoms with van der Waals surface area (Å²) in [4.78, 5) is 25.3. The van der Waals surface area contributed by atoms with Gasteiger partial charge in [-0.1, -0.05) is 187 Å². The topological polar surface area (TPSA) is 108 Å². The second-order valence-corrected chi connectivity index (χ2v) is 17.5. The van der Waals surface area contributed by atoms with Gasteiger partial charge in [0.1, 0.15) is 13.2 Å². The molecule has 0 aromatic heterocycles. The Morgan fingerprint density at radius 1 is 0.620 bits per heavy atom. The maximum Gasteiger partial charge on any atom is 0.268 e. The molecule has 0 bridgehead atoms. The van der Waals surface area contributed by atoms with E-state index in [0.29, 0.717) is 23.9 Å². The quantitative estimate of drug-likeness (QED) is 0.0370. The van der Waals surface area contributed by atoms with Gasteiger partial charge in [0.25, 0.3) is 7.82 Å². The third-order valence-electron chi connectivity index (χ3n) is 9.85. The number of carbonyl (C=O) groups is 1. The van der Waals surface area contributed by atoms with Crippen LogP contribution in [0.1, 0.15) is 206 Å². The number of aliphatic hydroxyl groups is 1. The first-order valence-electron chi connectivity index (χ1n) is 21.4. The van der Waals surface area contributed by atoms with Crippen LogP contribution in [0, 0.1) is 0 Å². The van der Waals surface area contributed by atoms with Crippen LogP contribution in [0.3, 0.4) is 0 Å². The van der Waals surface area contributed by atoms with Crippen molar-refractivity contribution < 1.29 is 32.9 Å². The fourth-order valence-electron chi connectivity index (χ4n) is 6.39. The van der Waals surface area contributed by atoms with E-state index in [-0.39, 0.29) is 19.1 Å². The minimum Gasteiger partial charge on any atom is -0.756 e. The molecule has 0 saturated carbocycles. The van der Waals surface area contributed by atoms with Crippen molar-refractivity contribution in [3.63, 3.8) is 0 Å². The maximum atomic E-state index is 12.8. The predicted octanol–water partition coefficient (Wildman–Crippen LogP) is 10.8. The molecule has 8 nitrogen and oxygen atoms in total. The number of carbonyl (C=O) groups excluding carboxylic acids is 1. The van der Waals surface area contributed by atoms with Crippen LogP contribution in [-0.4, -0.2) is 68.5 Å². The van der Waals surface area contributed by atoms with Crippen molar-refractivity contribution >= 4 is 13.7 Å².